The number of nitrogens with one attached hydrogen (secondary N) is 3. The fourth-order valence-corrected chi connectivity index (χ4v) is 5.22. The lowest BCUT2D eigenvalue weighted by atomic mass is 9.87. The molecule has 4 rings (SSSR count). The third kappa shape index (κ3) is 9.66. The number of urea groups is 1. The Morgan fingerprint density at radius 3 is 2.30 bits per heavy atom. The van der Waals surface area contributed by atoms with Crippen molar-refractivity contribution in [1.82, 2.24) is 15.2 Å². The zero-order valence-corrected chi connectivity index (χ0v) is 27.8. The summed E-state index contributed by atoms with van der Waals surface area (Å²) in [5.41, 5.74) is 10.4. The molecule has 0 spiro atoms. The Bertz CT molecular complexity index is 1730. The van der Waals surface area contributed by atoms with Crippen molar-refractivity contribution in [2.75, 3.05) is 11.6 Å². The molecular weight excluding hydrogens is 598 g/mol. The van der Waals surface area contributed by atoms with Crippen LogP contribution in [0.5, 0.6) is 11.5 Å². The van der Waals surface area contributed by atoms with E-state index in [1.807, 2.05) is 82.5 Å². The normalized spacial score (nSPS) is 12.3. The van der Waals surface area contributed by atoms with E-state index in [0.29, 0.717) is 23.8 Å². The fourth-order valence-electron chi connectivity index (χ4n) is 4.61. The minimum absolute atomic E-state index is 0.131. The van der Waals surface area contributed by atoms with Crippen molar-refractivity contribution in [2.45, 2.75) is 58.3 Å². The second kappa shape index (κ2) is 15.6. The van der Waals surface area contributed by atoms with Crippen molar-refractivity contribution in [1.29, 1.82) is 0 Å². The van der Waals surface area contributed by atoms with Crippen molar-refractivity contribution in [3.63, 3.8) is 0 Å². The highest BCUT2D eigenvalue weighted by Crippen LogP contribution is 2.23. The Morgan fingerprint density at radius 2 is 1.65 bits per heavy atom. The standard InChI is InChI=1S/C36H43N5O4S/c1-24-18-30(19-34(43)41(24)22-26-11-8-9-13-31(26)46-5)45-23-27-12-7-6-10-25(27)21-38-35(44)40-33(20-32(37)36(2,3)4)39-28-14-16-29(42)17-15-28/h6-20,32,39,42H,21-23,37H2,1-5H3,(H2,38,40,44)/b33-20+. The number of aromatic nitrogens is 1. The van der Waals surface area contributed by atoms with Crippen LogP contribution in [0.15, 0.2) is 107 Å². The average molecular weight is 642 g/mol. The lowest BCUT2D eigenvalue weighted by molar-refractivity contribution is 0.242. The zero-order chi connectivity index (χ0) is 33.3. The van der Waals surface area contributed by atoms with Crippen LogP contribution in [0.1, 0.15) is 43.2 Å². The van der Waals surface area contributed by atoms with E-state index in [1.54, 1.807) is 46.7 Å². The molecule has 9 nitrogen and oxygen atoms in total. The molecule has 242 valence electrons. The molecule has 0 saturated carbocycles. The molecule has 0 saturated heterocycles. The van der Waals surface area contributed by atoms with Gasteiger partial charge in [0, 0.05) is 34.9 Å². The Morgan fingerprint density at radius 1 is 1.00 bits per heavy atom. The number of ether oxygens (including phenoxy) is 1. The first-order chi connectivity index (χ1) is 21.9. The molecule has 0 radical (unpaired) electrons. The quantitative estimate of drug-likeness (QED) is 0.0902. The first-order valence-corrected chi connectivity index (χ1v) is 16.3. The van der Waals surface area contributed by atoms with E-state index in [1.165, 1.54) is 6.07 Å². The highest BCUT2D eigenvalue weighted by molar-refractivity contribution is 7.98. The molecule has 0 fully saturated rings. The topological polar surface area (TPSA) is 131 Å². The van der Waals surface area contributed by atoms with E-state index in [2.05, 4.69) is 22.0 Å². The number of hydrogen-bond acceptors (Lipinski definition) is 7. The highest BCUT2D eigenvalue weighted by atomic mass is 32.2. The maximum absolute atomic E-state index is 13.1. The first kappa shape index (κ1) is 34.2. The largest absolute Gasteiger partial charge is 0.508 e. The highest BCUT2D eigenvalue weighted by Gasteiger charge is 2.20. The third-order valence-corrected chi connectivity index (χ3v) is 8.36. The number of aromatic hydroxyl groups is 1. The maximum atomic E-state index is 13.1. The molecule has 3 aromatic carbocycles. The van der Waals surface area contributed by atoms with Gasteiger partial charge in [0.05, 0.1) is 6.54 Å². The maximum Gasteiger partial charge on any atom is 0.320 e. The zero-order valence-electron chi connectivity index (χ0n) is 27.0. The molecule has 10 heteroatoms. The predicted octanol–water partition coefficient (Wildman–Crippen LogP) is 6.34. The third-order valence-electron chi connectivity index (χ3n) is 7.52. The van der Waals surface area contributed by atoms with Gasteiger partial charge in [-0.15, -0.1) is 11.8 Å². The van der Waals surface area contributed by atoms with Gasteiger partial charge in [0.1, 0.15) is 23.9 Å². The Hall–Kier alpha value is -4.67. The van der Waals surface area contributed by atoms with Gasteiger partial charge < -0.3 is 30.8 Å². The van der Waals surface area contributed by atoms with E-state index in [-0.39, 0.29) is 35.9 Å². The minimum atomic E-state index is -0.420. The number of nitrogens with two attached hydrogens (primary N) is 1. The molecule has 0 bridgehead atoms. The van der Waals surface area contributed by atoms with E-state index in [0.717, 1.165) is 27.3 Å². The molecule has 2 amide bonds. The van der Waals surface area contributed by atoms with E-state index >= 15 is 0 Å². The molecule has 1 atom stereocenters. The SMILES string of the molecule is CSc1ccccc1Cn1c(C)cc(OCc2ccccc2CNC(=O)N/C(=C/C(N)C(C)(C)C)Nc2ccc(O)cc2)cc1=O. The summed E-state index contributed by atoms with van der Waals surface area (Å²) in [6.45, 7) is 8.92. The molecule has 6 N–H and O–H groups in total. The lowest BCUT2D eigenvalue weighted by Crippen LogP contribution is -2.39. The van der Waals surface area contributed by atoms with Gasteiger partial charge in [0.2, 0.25) is 0 Å². The molecule has 4 aromatic rings. The fraction of sp³-hybridized carbons (Fsp3) is 0.278. The number of rotatable bonds is 12. The summed E-state index contributed by atoms with van der Waals surface area (Å²) in [6.07, 6.45) is 3.80. The molecule has 1 heterocycles. The first-order valence-electron chi connectivity index (χ1n) is 15.0. The van der Waals surface area contributed by atoms with Crippen LogP contribution >= 0.6 is 11.8 Å². The summed E-state index contributed by atoms with van der Waals surface area (Å²) in [7, 11) is 0. The summed E-state index contributed by atoms with van der Waals surface area (Å²) < 4.78 is 7.81. The van der Waals surface area contributed by atoms with Gasteiger partial charge in [-0.1, -0.05) is 63.2 Å². The van der Waals surface area contributed by atoms with Crippen LogP contribution in [0.25, 0.3) is 0 Å². The number of thioether (sulfide) groups is 1. The number of anilines is 1. The number of phenolic OH excluding ortho intramolecular Hbond substituents is 1. The van der Waals surface area contributed by atoms with Crippen molar-refractivity contribution >= 4 is 23.5 Å². The van der Waals surface area contributed by atoms with Gasteiger partial charge in [-0.3, -0.25) is 10.1 Å². The summed E-state index contributed by atoms with van der Waals surface area (Å²) in [5, 5.41) is 18.6. The number of carbonyl (C=O) groups excluding carboxylic acids is 1. The second-order valence-electron chi connectivity index (χ2n) is 12.1. The molecule has 0 aliphatic carbocycles. The number of nitrogens with zero attached hydrogens (tertiary/aromatic N) is 1. The van der Waals surface area contributed by atoms with Crippen LogP contribution in [0.4, 0.5) is 10.5 Å². The number of amides is 2. The van der Waals surface area contributed by atoms with Gasteiger partial charge >= 0.3 is 6.03 Å². The monoisotopic (exact) mass is 641 g/mol. The Kier molecular flexibility index (Phi) is 11.6. The molecule has 1 aromatic heterocycles. The number of aryl methyl sites for hydroxylation is 1. The summed E-state index contributed by atoms with van der Waals surface area (Å²) in [6, 6.07) is 24.9. The van der Waals surface area contributed by atoms with Gasteiger partial charge in [-0.25, -0.2) is 4.79 Å². The molecule has 0 aliphatic heterocycles. The van der Waals surface area contributed by atoms with E-state index < -0.39 is 6.03 Å². The van der Waals surface area contributed by atoms with E-state index in [4.69, 9.17) is 10.5 Å². The van der Waals surface area contributed by atoms with Crippen LogP contribution in [-0.2, 0) is 19.7 Å². The van der Waals surface area contributed by atoms with Gasteiger partial charge in [-0.05, 0) is 77.8 Å². The van der Waals surface area contributed by atoms with Crippen LogP contribution in [0.3, 0.4) is 0 Å². The van der Waals surface area contributed by atoms with Crippen molar-refractivity contribution in [3.05, 3.63) is 130 Å². The van der Waals surface area contributed by atoms with Crippen molar-refractivity contribution < 1.29 is 14.6 Å². The number of hydrogen-bond donors (Lipinski definition) is 5. The van der Waals surface area contributed by atoms with Gasteiger partial charge in [0.25, 0.3) is 5.56 Å². The average Bonchev–Trinajstić information content (AvgIpc) is 3.02. The van der Waals surface area contributed by atoms with Crippen LogP contribution in [0, 0.1) is 12.3 Å². The van der Waals surface area contributed by atoms with Crippen LogP contribution in [-0.4, -0.2) is 28.0 Å². The molecule has 46 heavy (non-hydrogen) atoms. The van der Waals surface area contributed by atoms with Gasteiger partial charge in [-0.2, -0.15) is 0 Å². The molecule has 1 unspecified atom stereocenters. The Balaban J connectivity index is 1.41. The Labute approximate surface area is 274 Å². The number of carbonyl (C=O) groups is 1. The predicted molar refractivity (Wildman–Crippen MR) is 186 cm³/mol. The van der Waals surface area contributed by atoms with Crippen LogP contribution < -0.4 is 32.0 Å². The number of phenols is 1. The lowest BCUT2D eigenvalue weighted by Gasteiger charge is -2.25. The number of benzene rings is 3. The second-order valence-corrected chi connectivity index (χ2v) is 12.9. The van der Waals surface area contributed by atoms with Gasteiger partial charge in [0.15, 0.2) is 0 Å². The molecule has 0 aliphatic rings. The van der Waals surface area contributed by atoms with Crippen molar-refractivity contribution in [3.8, 4) is 11.5 Å². The number of pyridine rings is 1. The summed E-state index contributed by atoms with van der Waals surface area (Å²) in [5.74, 6) is 1.05. The van der Waals surface area contributed by atoms with E-state index in [9.17, 15) is 14.7 Å². The minimum Gasteiger partial charge on any atom is -0.508 e. The van der Waals surface area contributed by atoms with Crippen LogP contribution in [0.2, 0.25) is 0 Å². The van der Waals surface area contributed by atoms with Crippen molar-refractivity contribution in [2.24, 2.45) is 11.1 Å². The smallest absolute Gasteiger partial charge is 0.320 e. The summed E-state index contributed by atoms with van der Waals surface area (Å²) in [4.78, 5) is 27.2. The molecular formula is C36H43N5O4S. The summed E-state index contributed by atoms with van der Waals surface area (Å²) >= 11 is 1.66.